The molecule has 0 atom stereocenters. The van der Waals surface area contributed by atoms with Crippen LogP contribution in [0.4, 0.5) is 0 Å². The second-order valence-corrected chi connectivity index (χ2v) is 11.6. The number of rotatable bonds is 2. The molecule has 1 heterocycles. The number of nitrogens with one attached hydrogen (secondary N) is 1. The molecule has 154 valence electrons. The summed E-state index contributed by atoms with van der Waals surface area (Å²) in [4.78, 5) is 25.9. The molecule has 5 aliphatic rings. The number of carbonyl (C=O) groups excluding carboxylic acids is 2. The largest absolute Gasteiger partial charge is 0.347 e. The Morgan fingerprint density at radius 3 is 2.13 bits per heavy atom. The van der Waals surface area contributed by atoms with Gasteiger partial charge in [-0.1, -0.05) is 12.1 Å². The van der Waals surface area contributed by atoms with E-state index in [1.165, 1.54) is 43.5 Å². The molecular formula is C24H23NO4S. The van der Waals surface area contributed by atoms with E-state index in [0.29, 0.717) is 23.3 Å². The fraction of sp³-hybridized carbons (Fsp3) is 0.417. The summed E-state index contributed by atoms with van der Waals surface area (Å²) in [6, 6.07) is 10.7. The van der Waals surface area contributed by atoms with Gasteiger partial charge in [0.05, 0.1) is 9.79 Å². The lowest BCUT2D eigenvalue weighted by molar-refractivity contribution is -0.0167. The van der Waals surface area contributed by atoms with Crippen molar-refractivity contribution in [2.24, 2.45) is 17.8 Å². The molecule has 30 heavy (non-hydrogen) atoms. The van der Waals surface area contributed by atoms with Gasteiger partial charge in [0.15, 0.2) is 5.78 Å². The molecule has 0 aromatic heterocycles. The van der Waals surface area contributed by atoms with Crippen LogP contribution in [0.5, 0.6) is 0 Å². The lowest BCUT2D eigenvalue weighted by Gasteiger charge is -2.56. The van der Waals surface area contributed by atoms with Crippen LogP contribution in [0.25, 0.3) is 0 Å². The van der Waals surface area contributed by atoms with E-state index in [-0.39, 0.29) is 38.1 Å². The van der Waals surface area contributed by atoms with Crippen LogP contribution in [-0.2, 0) is 9.84 Å². The summed E-state index contributed by atoms with van der Waals surface area (Å²) in [5, 5.41) is 3.29. The van der Waals surface area contributed by atoms with Gasteiger partial charge >= 0.3 is 0 Å². The third-order valence-electron chi connectivity index (χ3n) is 7.62. The monoisotopic (exact) mass is 421 g/mol. The van der Waals surface area contributed by atoms with Crippen molar-refractivity contribution in [1.29, 1.82) is 0 Å². The Morgan fingerprint density at radius 2 is 1.47 bits per heavy atom. The molecule has 1 N–H and O–H groups in total. The molecule has 1 aliphatic heterocycles. The van der Waals surface area contributed by atoms with Crippen LogP contribution in [0, 0.1) is 17.8 Å². The normalized spacial score (nSPS) is 32.4. The number of fused-ring (bicyclic) bond motifs is 2. The molecule has 4 fully saturated rings. The minimum Gasteiger partial charge on any atom is -0.347 e. The van der Waals surface area contributed by atoms with Gasteiger partial charge in [0.2, 0.25) is 9.84 Å². The van der Waals surface area contributed by atoms with Crippen molar-refractivity contribution in [3.8, 4) is 0 Å². The van der Waals surface area contributed by atoms with Gasteiger partial charge in [-0.05, 0) is 86.6 Å². The standard InChI is InChI=1S/C24H23NO4S/c26-22-18-3-1-2-4-20(18)30(28,29)21-10-17(5-6-19(21)22)23(27)25-24-11-14-7-15(12-24)9-16(8-14)13-24/h1-6,10,14-16H,7-9,11-13H2,(H,25,27). The minimum absolute atomic E-state index is 0.0149. The van der Waals surface area contributed by atoms with Crippen LogP contribution in [-0.4, -0.2) is 25.6 Å². The van der Waals surface area contributed by atoms with Gasteiger partial charge in [-0.2, -0.15) is 0 Å². The van der Waals surface area contributed by atoms with Crippen LogP contribution in [0.2, 0.25) is 0 Å². The molecule has 4 bridgehead atoms. The fourth-order valence-corrected chi connectivity index (χ4v) is 8.48. The zero-order valence-corrected chi connectivity index (χ0v) is 17.4. The van der Waals surface area contributed by atoms with Crippen LogP contribution in [0.1, 0.15) is 64.8 Å². The van der Waals surface area contributed by atoms with Crippen molar-refractivity contribution in [2.75, 3.05) is 0 Å². The number of ketones is 1. The predicted molar refractivity (Wildman–Crippen MR) is 110 cm³/mol. The Morgan fingerprint density at radius 1 is 0.867 bits per heavy atom. The van der Waals surface area contributed by atoms with Gasteiger partial charge in [-0.15, -0.1) is 0 Å². The number of amides is 1. The van der Waals surface area contributed by atoms with E-state index < -0.39 is 9.84 Å². The average Bonchev–Trinajstić information content (AvgIpc) is 2.70. The van der Waals surface area contributed by atoms with E-state index in [4.69, 9.17) is 0 Å². The highest BCUT2D eigenvalue weighted by atomic mass is 32.2. The van der Waals surface area contributed by atoms with Gasteiger partial charge in [0.25, 0.3) is 5.91 Å². The average molecular weight is 422 g/mol. The molecule has 1 amide bonds. The predicted octanol–water partition coefficient (Wildman–Crippen LogP) is 3.76. The first-order chi connectivity index (χ1) is 14.3. The van der Waals surface area contributed by atoms with Crippen molar-refractivity contribution >= 4 is 21.5 Å². The molecule has 4 aliphatic carbocycles. The van der Waals surface area contributed by atoms with Crippen LogP contribution in [0.15, 0.2) is 52.3 Å². The Hall–Kier alpha value is -2.47. The maximum absolute atomic E-state index is 13.2. The quantitative estimate of drug-likeness (QED) is 0.683. The third kappa shape index (κ3) is 2.56. The third-order valence-corrected chi connectivity index (χ3v) is 9.47. The summed E-state index contributed by atoms with van der Waals surface area (Å²) in [5.41, 5.74) is 0.485. The maximum Gasteiger partial charge on any atom is 0.251 e. The summed E-state index contributed by atoms with van der Waals surface area (Å²) in [6.07, 6.45) is 6.94. The summed E-state index contributed by atoms with van der Waals surface area (Å²) >= 11 is 0. The Bertz CT molecular complexity index is 1180. The second kappa shape index (κ2) is 6.03. The smallest absolute Gasteiger partial charge is 0.251 e. The van der Waals surface area contributed by atoms with Crippen LogP contribution < -0.4 is 5.32 Å². The molecule has 5 nitrogen and oxygen atoms in total. The van der Waals surface area contributed by atoms with E-state index in [2.05, 4.69) is 5.32 Å². The summed E-state index contributed by atoms with van der Waals surface area (Å²) < 4.78 is 26.3. The highest BCUT2D eigenvalue weighted by Crippen LogP contribution is 2.55. The summed E-state index contributed by atoms with van der Waals surface area (Å²) in [7, 11) is -3.84. The molecule has 6 heteroatoms. The Balaban J connectivity index is 1.35. The SMILES string of the molecule is O=C(NC12CC3CC(CC(C3)C1)C2)c1ccc2c(c1)S(=O)(=O)c1ccccc1C2=O. The molecule has 0 spiro atoms. The molecule has 0 saturated heterocycles. The van der Waals surface area contributed by atoms with Crippen LogP contribution in [0.3, 0.4) is 0 Å². The lowest BCUT2D eigenvalue weighted by Crippen LogP contribution is -2.59. The number of sulfone groups is 1. The van der Waals surface area contributed by atoms with Crippen molar-refractivity contribution in [3.05, 3.63) is 59.2 Å². The zero-order chi connectivity index (χ0) is 20.7. The van der Waals surface area contributed by atoms with E-state index in [9.17, 15) is 18.0 Å². The van der Waals surface area contributed by atoms with Gasteiger partial charge in [-0.25, -0.2) is 8.42 Å². The van der Waals surface area contributed by atoms with E-state index >= 15 is 0 Å². The Kier molecular flexibility index (Phi) is 3.68. The van der Waals surface area contributed by atoms with E-state index in [0.717, 1.165) is 19.3 Å². The second-order valence-electron chi connectivity index (χ2n) is 9.69. The molecule has 0 radical (unpaired) electrons. The summed E-state index contributed by atoms with van der Waals surface area (Å²) in [5.74, 6) is 1.56. The molecule has 4 saturated carbocycles. The fourth-order valence-electron chi connectivity index (χ4n) is 6.80. The lowest BCUT2D eigenvalue weighted by atomic mass is 9.53. The highest BCUT2D eigenvalue weighted by Gasteiger charge is 2.51. The van der Waals surface area contributed by atoms with E-state index in [1.807, 2.05) is 0 Å². The van der Waals surface area contributed by atoms with E-state index in [1.54, 1.807) is 18.2 Å². The molecule has 7 rings (SSSR count). The van der Waals surface area contributed by atoms with Crippen molar-refractivity contribution in [1.82, 2.24) is 5.32 Å². The maximum atomic E-state index is 13.2. The minimum atomic E-state index is -3.84. The molecule has 2 aromatic carbocycles. The van der Waals surface area contributed by atoms with Gasteiger partial charge < -0.3 is 5.32 Å². The zero-order valence-electron chi connectivity index (χ0n) is 16.6. The number of hydrogen-bond acceptors (Lipinski definition) is 4. The first-order valence-electron chi connectivity index (χ1n) is 10.7. The molecule has 2 aromatic rings. The van der Waals surface area contributed by atoms with Gasteiger partial charge in [0, 0.05) is 22.2 Å². The van der Waals surface area contributed by atoms with Crippen molar-refractivity contribution in [2.45, 2.75) is 53.9 Å². The molecular weight excluding hydrogens is 398 g/mol. The van der Waals surface area contributed by atoms with Crippen molar-refractivity contribution in [3.63, 3.8) is 0 Å². The van der Waals surface area contributed by atoms with Gasteiger partial charge in [0.1, 0.15) is 0 Å². The van der Waals surface area contributed by atoms with Crippen molar-refractivity contribution < 1.29 is 18.0 Å². The van der Waals surface area contributed by atoms with Crippen LogP contribution >= 0.6 is 0 Å². The highest BCUT2D eigenvalue weighted by molar-refractivity contribution is 7.91. The topological polar surface area (TPSA) is 80.3 Å². The summed E-state index contributed by atoms with van der Waals surface area (Å²) in [6.45, 7) is 0. The first kappa shape index (κ1) is 18.3. The Labute approximate surface area is 175 Å². The van der Waals surface area contributed by atoms with Gasteiger partial charge in [-0.3, -0.25) is 9.59 Å². The number of carbonyl (C=O) groups is 2. The number of hydrogen-bond donors (Lipinski definition) is 1. The molecule has 0 unspecified atom stereocenters. The number of benzene rings is 2. The first-order valence-corrected chi connectivity index (χ1v) is 12.2.